The number of rotatable bonds is 3. The minimum absolute atomic E-state index is 0.0135. The van der Waals surface area contributed by atoms with Crippen molar-refractivity contribution in [3.8, 4) is 5.75 Å². The molecule has 1 aromatic rings. The van der Waals surface area contributed by atoms with E-state index in [-0.39, 0.29) is 18.6 Å². The Kier molecular flexibility index (Phi) is 4.95. The number of hydrogen-bond acceptors (Lipinski definition) is 5. The number of amides is 3. The zero-order chi connectivity index (χ0) is 17.0. The van der Waals surface area contributed by atoms with Gasteiger partial charge in [-0.1, -0.05) is 0 Å². The Balaban J connectivity index is 2.06. The van der Waals surface area contributed by atoms with E-state index in [9.17, 15) is 14.4 Å². The molecule has 0 bridgehead atoms. The van der Waals surface area contributed by atoms with Gasteiger partial charge < -0.3 is 15.4 Å². The van der Waals surface area contributed by atoms with Crippen molar-refractivity contribution in [1.29, 1.82) is 0 Å². The van der Waals surface area contributed by atoms with Crippen LogP contribution < -0.4 is 20.8 Å². The van der Waals surface area contributed by atoms with Crippen LogP contribution >= 0.6 is 0 Å². The highest BCUT2D eigenvalue weighted by Gasteiger charge is 2.17. The molecule has 1 aliphatic rings. The maximum Gasteiger partial charge on any atom is 0.329 e. The Morgan fingerprint density at radius 1 is 1.30 bits per heavy atom. The third kappa shape index (κ3) is 4.29. The van der Waals surface area contributed by atoms with Crippen LogP contribution in [0.4, 0.5) is 5.69 Å². The summed E-state index contributed by atoms with van der Waals surface area (Å²) in [5.74, 6) is -1.25. The van der Waals surface area contributed by atoms with E-state index in [2.05, 4.69) is 21.2 Å². The first-order valence-corrected chi connectivity index (χ1v) is 7.09. The highest BCUT2D eigenvalue weighted by molar-refractivity contribution is 6.35. The highest BCUT2D eigenvalue weighted by atomic mass is 16.5. The molecule has 1 aromatic carbocycles. The Labute approximate surface area is 133 Å². The number of ether oxygens (including phenoxy) is 1. The van der Waals surface area contributed by atoms with E-state index in [4.69, 9.17) is 4.74 Å². The van der Waals surface area contributed by atoms with Crippen molar-refractivity contribution in [2.24, 2.45) is 5.10 Å². The molecule has 0 spiro atoms. The topological polar surface area (TPSA) is 109 Å². The van der Waals surface area contributed by atoms with Gasteiger partial charge in [0.1, 0.15) is 5.75 Å². The van der Waals surface area contributed by atoms with Crippen LogP contribution in [0.15, 0.2) is 23.3 Å². The molecule has 3 amide bonds. The second-order valence-corrected chi connectivity index (χ2v) is 5.31. The van der Waals surface area contributed by atoms with Gasteiger partial charge in [-0.2, -0.15) is 5.10 Å². The fourth-order valence-electron chi connectivity index (χ4n) is 1.89. The van der Waals surface area contributed by atoms with E-state index in [1.807, 2.05) is 0 Å². The number of carbonyl (C=O) groups is 3. The van der Waals surface area contributed by atoms with Crippen molar-refractivity contribution in [3.63, 3.8) is 0 Å². The standard InChI is InChI=1S/C15H18N4O4/c1-8(2)16-14(21)15(22)19-18-9(3)10-4-5-12-11(6-10)17-13(20)7-23-12/h4-6,8H,7H2,1-3H3,(H,16,21)(H,17,20)(H,19,22)/b18-9-. The molecule has 1 aliphatic heterocycles. The van der Waals surface area contributed by atoms with Gasteiger partial charge in [0.25, 0.3) is 5.91 Å². The zero-order valence-electron chi connectivity index (χ0n) is 13.1. The second-order valence-electron chi connectivity index (χ2n) is 5.31. The van der Waals surface area contributed by atoms with Crippen LogP contribution in [0.5, 0.6) is 5.75 Å². The van der Waals surface area contributed by atoms with Crippen molar-refractivity contribution in [2.75, 3.05) is 11.9 Å². The lowest BCUT2D eigenvalue weighted by Gasteiger charge is -2.18. The van der Waals surface area contributed by atoms with Crippen LogP contribution in [0.1, 0.15) is 26.3 Å². The molecule has 122 valence electrons. The van der Waals surface area contributed by atoms with Crippen molar-refractivity contribution < 1.29 is 19.1 Å². The van der Waals surface area contributed by atoms with Gasteiger partial charge in [-0.05, 0) is 44.5 Å². The average molecular weight is 318 g/mol. The minimum atomic E-state index is -0.840. The van der Waals surface area contributed by atoms with Gasteiger partial charge in [0.15, 0.2) is 6.61 Å². The van der Waals surface area contributed by atoms with E-state index in [1.165, 1.54) is 0 Å². The number of fused-ring (bicyclic) bond motifs is 1. The van der Waals surface area contributed by atoms with Crippen LogP contribution in [0.2, 0.25) is 0 Å². The predicted octanol–water partition coefficient (Wildman–Crippen LogP) is 0.382. The van der Waals surface area contributed by atoms with E-state index in [1.54, 1.807) is 39.0 Å². The number of carbonyl (C=O) groups excluding carboxylic acids is 3. The molecular formula is C15H18N4O4. The summed E-state index contributed by atoms with van der Waals surface area (Å²) >= 11 is 0. The lowest BCUT2D eigenvalue weighted by Crippen LogP contribution is -2.41. The summed E-state index contributed by atoms with van der Waals surface area (Å²) in [7, 11) is 0. The van der Waals surface area contributed by atoms with E-state index < -0.39 is 11.8 Å². The van der Waals surface area contributed by atoms with Gasteiger partial charge in [-0.3, -0.25) is 14.4 Å². The first-order chi connectivity index (χ1) is 10.9. The van der Waals surface area contributed by atoms with Crippen molar-refractivity contribution in [2.45, 2.75) is 26.8 Å². The summed E-state index contributed by atoms with van der Waals surface area (Å²) < 4.78 is 5.26. The molecule has 0 atom stereocenters. The lowest BCUT2D eigenvalue weighted by molar-refractivity contribution is -0.139. The predicted molar refractivity (Wildman–Crippen MR) is 84.2 cm³/mol. The monoisotopic (exact) mass is 318 g/mol. The average Bonchev–Trinajstić information content (AvgIpc) is 2.50. The number of nitrogens with zero attached hydrogens (tertiary/aromatic N) is 1. The Hall–Kier alpha value is -2.90. The molecular weight excluding hydrogens is 300 g/mol. The van der Waals surface area contributed by atoms with E-state index in [0.29, 0.717) is 22.7 Å². The summed E-state index contributed by atoms with van der Waals surface area (Å²) in [5.41, 5.74) is 3.90. The molecule has 0 aromatic heterocycles. The summed E-state index contributed by atoms with van der Waals surface area (Å²) in [6, 6.07) is 5.00. The molecule has 0 saturated heterocycles. The lowest BCUT2D eigenvalue weighted by atomic mass is 10.1. The number of hydrogen-bond donors (Lipinski definition) is 3. The fourth-order valence-corrected chi connectivity index (χ4v) is 1.89. The van der Waals surface area contributed by atoms with E-state index >= 15 is 0 Å². The van der Waals surface area contributed by atoms with Crippen LogP contribution in [0.25, 0.3) is 0 Å². The molecule has 3 N–H and O–H groups in total. The molecule has 1 heterocycles. The Bertz CT molecular complexity index is 682. The van der Waals surface area contributed by atoms with Crippen LogP contribution in [-0.4, -0.2) is 36.1 Å². The number of anilines is 1. The first kappa shape index (κ1) is 16.5. The van der Waals surface area contributed by atoms with Gasteiger partial charge in [-0.15, -0.1) is 0 Å². The molecule has 8 nitrogen and oxygen atoms in total. The van der Waals surface area contributed by atoms with Crippen molar-refractivity contribution in [3.05, 3.63) is 23.8 Å². The van der Waals surface area contributed by atoms with Crippen LogP contribution in [0.3, 0.4) is 0 Å². The van der Waals surface area contributed by atoms with Gasteiger partial charge in [0.05, 0.1) is 11.4 Å². The first-order valence-electron chi connectivity index (χ1n) is 7.09. The number of benzene rings is 1. The highest BCUT2D eigenvalue weighted by Crippen LogP contribution is 2.28. The molecule has 0 fully saturated rings. The third-order valence-electron chi connectivity index (χ3n) is 2.98. The van der Waals surface area contributed by atoms with Gasteiger partial charge in [0, 0.05) is 6.04 Å². The van der Waals surface area contributed by atoms with Crippen molar-refractivity contribution in [1.82, 2.24) is 10.7 Å². The number of hydrazone groups is 1. The van der Waals surface area contributed by atoms with Crippen LogP contribution in [0, 0.1) is 0 Å². The van der Waals surface area contributed by atoms with Gasteiger partial charge >= 0.3 is 11.8 Å². The molecule has 0 saturated carbocycles. The summed E-state index contributed by atoms with van der Waals surface area (Å²) in [6.07, 6.45) is 0. The van der Waals surface area contributed by atoms with E-state index in [0.717, 1.165) is 0 Å². The Morgan fingerprint density at radius 3 is 2.74 bits per heavy atom. The molecule has 8 heteroatoms. The SMILES string of the molecule is C/C(=N/NC(=O)C(=O)NC(C)C)c1ccc2c(c1)NC(=O)CO2. The smallest absolute Gasteiger partial charge is 0.329 e. The maximum absolute atomic E-state index is 11.6. The summed E-state index contributed by atoms with van der Waals surface area (Å²) in [5, 5.41) is 9.05. The van der Waals surface area contributed by atoms with Crippen molar-refractivity contribution >= 4 is 29.1 Å². The number of nitrogens with one attached hydrogen (secondary N) is 3. The largest absolute Gasteiger partial charge is 0.482 e. The fraction of sp³-hybridized carbons (Fsp3) is 0.333. The zero-order valence-corrected chi connectivity index (χ0v) is 13.1. The molecule has 23 heavy (non-hydrogen) atoms. The molecule has 0 unspecified atom stereocenters. The third-order valence-corrected chi connectivity index (χ3v) is 2.98. The normalized spacial score (nSPS) is 13.7. The molecule has 0 radical (unpaired) electrons. The summed E-state index contributed by atoms with van der Waals surface area (Å²) in [4.78, 5) is 34.4. The maximum atomic E-state index is 11.6. The molecule has 2 rings (SSSR count). The second kappa shape index (κ2) is 6.91. The van der Waals surface area contributed by atoms with Gasteiger partial charge in [-0.25, -0.2) is 5.43 Å². The quantitative estimate of drug-likeness (QED) is 0.425. The van der Waals surface area contributed by atoms with Crippen LogP contribution in [-0.2, 0) is 14.4 Å². The minimum Gasteiger partial charge on any atom is -0.482 e. The molecule has 0 aliphatic carbocycles. The Morgan fingerprint density at radius 2 is 2.04 bits per heavy atom. The van der Waals surface area contributed by atoms with Gasteiger partial charge in [0.2, 0.25) is 0 Å². The summed E-state index contributed by atoms with van der Waals surface area (Å²) in [6.45, 7) is 5.17.